The summed E-state index contributed by atoms with van der Waals surface area (Å²) in [5, 5.41) is 72.3. The van der Waals surface area contributed by atoms with Gasteiger partial charge in [0.05, 0.1) is 36.6 Å². The van der Waals surface area contributed by atoms with E-state index in [2.05, 4.69) is 66.9 Å². The van der Waals surface area contributed by atoms with Gasteiger partial charge in [-0.05, 0) is 110 Å². The van der Waals surface area contributed by atoms with Gasteiger partial charge in [0.25, 0.3) is 11.8 Å². The van der Waals surface area contributed by atoms with Gasteiger partial charge in [-0.3, -0.25) is 33.9 Å². The smallest absolute Gasteiger partial charge is 0.349 e. The molecule has 0 spiro atoms. The molecule has 19 nitrogen and oxygen atoms in total. The molecule has 2 fully saturated rings. The molecule has 0 bridgehead atoms. The first-order valence-electron chi connectivity index (χ1n) is 48.1. The van der Waals surface area contributed by atoms with Crippen molar-refractivity contribution in [1.29, 1.82) is 0 Å². The second-order valence-corrected chi connectivity index (χ2v) is 34.6. The number of imide groups is 1. The summed E-state index contributed by atoms with van der Waals surface area (Å²) in [4.78, 5) is 73.7. The van der Waals surface area contributed by atoms with Gasteiger partial charge in [0.1, 0.15) is 18.1 Å². The molecule has 0 aromatic heterocycles. The number of aliphatic hydroxyl groups excluding tert-OH is 6. The maximum Gasteiger partial charge on any atom is 0.349 e. The van der Waals surface area contributed by atoms with Crippen LogP contribution in [0.4, 0.5) is 0 Å². The number of unbranched alkanes of at least 4 members (excludes halogenated alkanes) is 44. The van der Waals surface area contributed by atoms with Crippen molar-refractivity contribution in [2.75, 3.05) is 58.9 Å². The van der Waals surface area contributed by atoms with Crippen molar-refractivity contribution in [2.45, 2.75) is 507 Å². The Bertz CT molecular complexity index is 2000. The van der Waals surface area contributed by atoms with E-state index in [9.17, 15) is 54.6 Å². The SMILES string of the molecule is CCCCCCCCCC[C@@H](O)CN(CCCC[C@@H](N)C(=O)ON1C(=O)CCC1=O)C[C@H](O)CCCCCCCCC.CCCCCCCCCC[C@@H](O)CN(CCCC[C@H]1NC(=O)[C@@H](CCCCN(C[C@H](O)CCCCCCCCCC)C[C@H](O)CCCCCCCCCC)NC1=O)C[C@H](O)CCCCCCCCCC. The lowest BCUT2D eigenvalue weighted by molar-refractivity contribution is -0.198. The number of nitrogens with one attached hydrogen (secondary N) is 2. The molecule has 0 aromatic carbocycles. The second kappa shape index (κ2) is 76.8. The molecule has 10 N–H and O–H groups in total. The van der Waals surface area contributed by atoms with Gasteiger partial charge < -0.3 is 51.8 Å². The van der Waals surface area contributed by atoms with E-state index in [0.29, 0.717) is 76.6 Å². The molecule has 2 aliphatic heterocycles. The van der Waals surface area contributed by atoms with Crippen LogP contribution in [-0.2, 0) is 28.8 Å². The Labute approximate surface area is 687 Å². The van der Waals surface area contributed by atoms with Gasteiger partial charge in [0.15, 0.2) is 0 Å². The van der Waals surface area contributed by atoms with E-state index in [0.717, 1.165) is 161 Å². The van der Waals surface area contributed by atoms with Crippen LogP contribution in [0.25, 0.3) is 0 Å². The monoisotopic (exact) mass is 1590 g/mol. The zero-order valence-corrected chi connectivity index (χ0v) is 73.8. The maximum atomic E-state index is 13.3. The predicted molar refractivity (Wildman–Crippen MR) is 465 cm³/mol. The molecule has 9 atom stereocenters. The number of carbonyl (C=O) groups excluding carboxylic acids is 5. The zero-order chi connectivity index (χ0) is 82.1. The fourth-order valence-electron chi connectivity index (χ4n) is 16.1. The summed E-state index contributed by atoms with van der Waals surface area (Å²) in [6.45, 7) is 18.9. The number of nitrogens with two attached hydrogens (primary N) is 1. The number of carbonyl (C=O) groups is 5. The third-order valence-corrected chi connectivity index (χ3v) is 23.3. The number of hydrogen-bond donors (Lipinski definition) is 9. The first-order valence-corrected chi connectivity index (χ1v) is 48.1. The Morgan fingerprint density at radius 2 is 0.518 bits per heavy atom. The Hall–Kier alpha value is -2.85. The highest BCUT2D eigenvalue weighted by molar-refractivity contribution is 6.01. The first kappa shape index (κ1) is 107. The van der Waals surface area contributed by atoms with Crippen LogP contribution in [0.3, 0.4) is 0 Å². The van der Waals surface area contributed by atoms with E-state index in [-0.39, 0.29) is 24.7 Å². The van der Waals surface area contributed by atoms with Crippen molar-refractivity contribution in [3.63, 3.8) is 0 Å². The Morgan fingerprint density at radius 3 is 0.741 bits per heavy atom. The molecule has 19 heteroatoms. The van der Waals surface area contributed by atoms with Crippen molar-refractivity contribution in [3.05, 3.63) is 0 Å². The Balaban J connectivity index is 0.00000127. The first-order chi connectivity index (χ1) is 54.4. The molecule has 2 saturated heterocycles. The molecule has 2 aliphatic rings. The fourth-order valence-corrected chi connectivity index (χ4v) is 16.1. The number of aliphatic hydroxyl groups is 6. The lowest BCUT2D eigenvalue weighted by atomic mass is 10.0. The highest BCUT2D eigenvalue weighted by atomic mass is 16.7. The highest BCUT2D eigenvalue weighted by Crippen LogP contribution is 2.22. The molecule has 4 amide bonds. The van der Waals surface area contributed by atoms with Crippen molar-refractivity contribution < 1.29 is 59.4 Å². The van der Waals surface area contributed by atoms with E-state index < -0.39 is 72.5 Å². The summed E-state index contributed by atoms with van der Waals surface area (Å²) in [6, 6.07) is -2.01. The number of hydrogen-bond acceptors (Lipinski definition) is 16. The van der Waals surface area contributed by atoms with E-state index >= 15 is 0 Å². The average Bonchev–Trinajstić information content (AvgIpc) is 0.992. The summed E-state index contributed by atoms with van der Waals surface area (Å²) >= 11 is 0. The van der Waals surface area contributed by atoms with Crippen molar-refractivity contribution in [3.8, 4) is 0 Å². The normalized spacial score (nSPS) is 16.6. The maximum absolute atomic E-state index is 13.3. The zero-order valence-electron chi connectivity index (χ0n) is 73.8. The molecule has 0 aromatic rings. The topological polar surface area (TPSA) is 279 Å². The quantitative estimate of drug-likeness (QED) is 0.0202. The minimum Gasteiger partial charge on any atom is -0.392 e. The van der Waals surface area contributed by atoms with Gasteiger partial charge >= 0.3 is 5.97 Å². The standard InChI is InChI=1S/C60H120N4O6.C33H63N3O6/c1-5-9-13-17-21-25-29-33-41-53(65)49-63(50-54(66)42-34-30-26-22-18-14-10-6-2)47-39-37-45-57-59(69)62-58(60(70)61-57)46-38-40-48-64(51-55(67)43-35-31-27-23-19-15-11-7-3)52-56(68)44-36-32-28-24-20-16-12-8-4;1-3-5-7-9-11-13-15-17-21-29(38)27-35(26-28(37)20-16-14-12-10-8-6-4-2)25-19-18-22-30(34)33(41)42-36-31(39)23-24-32(36)40/h53-58,65-68H,5-52H2,1-4H3,(H,61,70)(H,62,69);28-30,37-38H,3-27,34H2,1-2H3/t53-,54-,55-,56-,57-,58-;28-,29-,30-/m11/s1. The summed E-state index contributed by atoms with van der Waals surface area (Å²) < 4.78 is 0. The minimum atomic E-state index is -0.921. The number of nitrogens with zero attached hydrogens (tertiary/aromatic N) is 4. The lowest BCUT2D eigenvalue weighted by Crippen LogP contribution is -2.61. The molecule has 0 aliphatic carbocycles. The summed E-state index contributed by atoms with van der Waals surface area (Å²) in [5.74, 6) is -2.04. The van der Waals surface area contributed by atoms with Crippen LogP contribution in [0.5, 0.6) is 0 Å². The molecule has 662 valence electrons. The molecule has 2 heterocycles. The van der Waals surface area contributed by atoms with E-state index in [1.165, 1.54) is 225 Å². The van der Waals surface area contributed by atoms with E-state index in [4.69, 9.17) is 10.6 Å². The van der Waals surface area contributed by atoms with Crippen LogP contribution in [0.2, 0.25) is 0 Å². The molecule has 112 heavy (non-hydrogen) atoms. The third kappa shape index (κ3) is 63.3. The van der Waals surface area contributed by atoms with E-state index in [1.807, 2.05) is 0 Å². The number of amides is 4. The summed E-state index contributed by atoms with van der Waals surface area (Å²) in [6.07, 6.45) is 66.5. The van der Waals surface area contributed by atoms with Crippen LogP contribution in [0.1, 0.15) is 452 Å². The predicted octanol–water partition coefficient (Wildman–Crippen LogP) is 19.3. The summed E-state index contributed by atoms with van der Waals surface area (Å²) in [5.41, 5.74) is 5.97. The summed E-state index contributed by atoms with van der Waals surface area (Å²) in [7, 11) is 0. The molecular formula is C93H183N7O12. The molecule has 0 unspecified atom stereocenters. The third-order valence-electron chi connectivity index (χ3n) is 23.3. The fraction of sp³-hybridized carbons (Fsp3) is 0.946. The average molecular weight is 1590 g/mol. The van der Waals surface area contributed by atoms with Gasteiger partial charge in [-0.1, -0.05) is 350 Å². The van der Waals surface area contributed by atoms with Crippen molar-refractivity contribution in [1.82, 2.24) is 30.4 Å². The van der Waals surface area contributed by atoms with Gasteiger partial charge in [0, 0.05) is 52.1 Å². The largest absolute Gasteiger partial charge is 0.392 e. The minimum absolute atomic E-state index is 0.0485. The second-order valence-electron chi connectivity index (χ2n) is 34.6. The number of piperazine rings is 1. The van der Waals surface area contributed by atoms with Crippen LogP contribution in [0, 0.1) is 0 Å². The van der Waals surface area contributed by atoms with Gasteiger partial charge in [-0.25, -0.2) is 4.79 Å². The van der Waals surface area contributed by atoms with Crippen LogP contribution >= 0.6 is 0 Å². The Morgan fingerprint density at radius 1 is 0.321 bits per heavy atom. The van der Waals surface area contributed by atoms with Crippen molar-refractivity contribution in [2.24, 2.45) is 5.73 Å². The van der Waals surface area contributed by atoms with Gasteiger partial charge in [-0.15, -0.1) is 5.06 Å². The van der Waals surface area contributed by atoms with Gasteiger partial charge in [0.2, 0.25) is 11.8 Å². The molecule has 2 rings (SSSR count). The number of hydroxylamine groups is 2. The highest BCUT2D eigenvalue weighted by Gasteiger charge is 2.35. The van der Waals surface area contributed by atoms with Gasteiger partial charge in [-0.2, -0.15) is 0 Å². The van der Waals surface area contributed by atoms with Crippen LogP contribution in [0.15, 0.2) is 0 Å². The van der Waals surface area contributed by atoms with Crippen LogP contribution < -0.4 is 16.4 Å². The van der Waals surface area contributed by atoms with Crippen LogP contribution in [-0.4, -0.2) is 194 Å². The number of rotatable bonds is 82. The lowest BCUT2D eigenvalue weighted by Gasteiger charge is -2.31. The Kier molecular flexibility index (Phi) is 73.5. The molecular weight excluding hydrogens is 1410 g/mol. The molecule has 0 saturated carbocycles. The molecule has 0 radical (unpaired) electrons. The van der Waals surface area contributed by atoms with Crippen molar-refractivity contribution >= 4 is 29.6 Å². The van der Waals surface area contributed by atoms with E-state index in [1.54, 1.807) is 0 Å².